The summed E-state index contributed by atoms with van der Waals surface area (Å²) in [6.07, 6.45) is 0. The quantitative estimate of drug-likeness (QED) is 0.628. The van der Waals surface area contributed by atoms with Gasteiger partial charge in [0.15, 0.2) is 0 Å². The molecule has 1 saturated heterocycles. The Hall–Kier alpha value is -2.64. The number of benzene rings is 2. The van der Waals surface area contributed by atoms with Crippen molar-refractivity contribution < 1.29 is 9.72 Å². The summed E-state index contributed by atoms with van der Waals surface area (Å²) in [6, 6.07) is 12.4. The third-order valence-corrected chi connectivity index (χ3v) is 4.78. The molecule has 1 N–H and O–H groups in total. The molecule has 7 nitrogen and oxygen atoms in total. The second-order valence-electron chi connectivity index (χ2n) is 6.57. The summed E-state index contributed by atoms with van der Waals surface area (Å²) < 4.78 is 0. The van der Waals surface area contributed by atoms with E-state index in [1.807, 2.05) is 41.0 Å². The van der Waals surface area contributed by atoms with Gasteiger partial charge in [-0.25, -0.2) is 0 Å². The van der Waals surface area contributed by atoms with Gasteiger partial charge >= 0.3 is 0 Å². The van der Waals surface area contributed by atoms with E-state index in [1.54, 1.807) is 12.1 Å². The maximum atomic E-state index is 12.2. The molecular weight excluding hydrogens is 368 g/mol. The molecule has 0 saturated carbocycles. The highest BCUT2D eigenvalue weighted by Crippen LogP contribution is 2.31. The van der Waals surface area contributed by atoms with Crippen LogP contribution in [0.15, 0.2) is 42.5 Å². The number of anilines is 2. The van der Waals surface area contributed by atoms with Gasteiger partial charge in [-0.1, -0.05) is 29.3 Å². The van der Waals surface area contributed by atoms with Gasteiger partial charge < -0.3 is 10.2 Å². The zero-order valence-corrected chi connectivity index (χ0v) is 15.8. The summed E-state index contributed by atoms with van der Waals surface area (Å²) in [6.45, 7) is 4.82. The Kier molecular flexibility index (Phi) is 5.93. The predicted molar refractivity (Wildman–Crippen MR) is 107 cm³/mol. The lowest BCUT2D eigenvalue weighted by Gasteiger charge is -2.35. The van der Waals surface area contributed by atoms with Crippen molar-refractivity contribution in [1.82, 2.24) is 4.90 Å². The second-order valence-corrected chi connectivity index (χ2v) is 7.00. The highest BCUT2D eigenvalue weighted by atomic mass is 35.5. The lowest BCUT2D eigenvalue weighted by molar-refractivity contribution is -0.384. The highest BCUT2D eigenvalue weighted by molar-refractivity contribution is 6.30. The number of nitrogens with one attached hydrogen (secondary N) is 1. The van der Waals surface area contributed by atoms with Crippen molar-refractivity contribution in [3.8, 4) is 0 Å². The molecule has 0 unspecified atom stereocenters. The van der Waals surface area contributed by atoms with Gasteiger partial charge in [0.1, 0.15) is 5.69 Å². The van der Waals surface area contributed by atoms with Crippen LogP contribution in [0.2, 0.25) is 5.02 Å². The molecule has 0 spiro atoms. The fourth-order valence-corrected chi connectivity index (χ4v) is 3.26. The number of nitrogens with zero attached hydrogens (tertiary/aromatic N) is 3. The first-order valence-electron chi connectivity index (χ1n) is 8.70. The molecule has 142 valence electrons. The van der Waals surface area contributed by atoms with Crippen LogP contribution < -0.4 is 10.2 Å². The Balaban J connectivity index is 1.55. The summed E-state index contributed by atoms with van der Waals surface area (Å²) in [5, 5.41) is 14.5. The molecule has 0 radical (unpaired) electrons. The van der Waals surface area contributed by atoms with Crippen molar-refractivity contribution in [2.45, 2.75) is 6.92 Å². The number of aryl methyl sites for hydroxylation is 1. The molecule has 1 fully saturated rings. The van der Waals surface area contributed by atoms with E-state index in [-0.39, 0.29) is 11.6 Å². The first-order valence-corrected chi connectivity index (χ1v) is 9.08. The number of carbonyl (C=O) groups excluding carboxylic acids is 1. The number of halogens is 1. The van der Waals surface area contributed by atoms with E-state index < -0.39 is 4.92 Å². The monoisotopic (exact) mass is 388 g/mol. The van der Waals surface area contributed by atoms with Gasteiger partial charge in [0.05, 0.1) is 11.5 Å². The Morgan fingerprint density at radius 3 is 2.44 bits per heavy atom. The summed E-state index contributed by atoms with van der Waals surface area (Å²) in [7, 11) is 0. The molecule has 8 heteroatoms. The van der Waals surface area contributed by atoms with Crippen LogP contribution in [0.1, 0.15) is 5.56 Å². The topological polar surface area (TPSA) is 78.7 Å². The van der Waals surface area contributed by atoms with Crippen LogP contribution in [0, 0.1) is 17.0 Å². The Labute approximate surface area is 162 Å². The maximum absolute atomic E-state index is 12.2. The first-order chi connectivity index (χ1) is 12.9. The van der Waals surface area contributed by atoms with Crippen LogP contribution in [0.3, 0.4) is 0 Å². The van der Waals surface area contributed by atoms with E-state index in [0.717, 1.165) is 11.3 Å². The molecule has 3 rings (SSSR count). The zero-order chi connectivity index (χ0) is 19.4. The average Bonchev–Trinajstić information content (AvgIpc) is 2.64. The molecule has 0 bridgehead atoms. The third-order valence-electron chi connectivity index (χ3n) is 4.55. The molecule has 2 aromatic rings. The van der Waals surface area contributed by atoms with Crippen molar-refractivity contribution in [3.63, 3.8) is 0 Å². The van der Waals surface area contributed by atoms with Crippen LogP contribution in [-0.2, 0) is 4.79 Å². The smallest absolute Gasteiger partial charge is 0.294 e. The number of nitro groups is 1. The Bertz CT molecular complexity index is 833. The van der Waals surface area contributed by atoms with Gasteiger partial charge in [-0.2, -0.15) is 0 Å². The summed E-state index contributed by atoms with van der Waals surface area (Å²) in [5.74, 6) is -0.0650. The van der Waals surface area contributed by atoms with Crippen molar-refractivity contribution >= 4 is 34.6 Å². The minimum absolute atomic E-state index is 0.00747. The highest BCUT2D eigenvalue weighted by Gasteiger charge is 2.24. The molecule has 1 amide bonds. The van der Waals surface area contributed by atoms with Gasteiger partial charge in [0, 0.05) is 43.0 Å². The van der Waals surface area contributed by atoms with E-state index in [4.69, 9.17) is 11.6 Å². The minimum atomic E-state index is -0.414. The van der Waals surface area contributed by atoms with E-state index in [9.17, 15) is 14.9 Å². The Morgan fingerprint density at radius 1 is 1.15 bits per heavy atom. The summed E-state index contributed by atoms with van der Waals surface area (Å²) >= 11 is 5.88. The average molecular weight is 389 g/mol. The largest absolute Gasteiger partial charge is 0.363 e. The van der Waals surface area contributed by atoms with Crippen molar-refractivity contribution in [2.75, 3.05) is 42.9 Å². The normalized spacial score (nSPS) is 14.8. The van der Waals surface area contributed by atoms with Crippen LogP contribution in [0.4, 0.5) is 17.1 Å². The summed E-state index contributed by atoms with van der Waals surface area (Å²) in [5.41, 5.74) is 2.49. The van der Waals surface area contributed by atoms with Crippen LogP contribution in [0.5, 0.6) is 0 Å². The van der Waals surface area contributed by atoms with E-state index >= 15 is 0 Å². The van der Waals surface area contributed by atoms with Gasteiger partial charge in [0.2, 0.25) is 5.91 Å². The predicted octanol–water partition coefficient (Wildman–Crippen LogP) is 3.32. The molecule has 0 atom stereocenters. The van der Waals surface area contributed by atoms with E-state index in [1.165, 1.54) is 6.07 Å². The first kappa shape index (κ1) is 19.1. The molecule has 0 aliphatic carbocycles. The van der Waals surface area contributed by atoms with Crippen LogP contribution in [0.25, 0.3) is 0 Å². The number of carbonyl (C=O) groups is 1. The Morgan fingerprint density at radius 2 is 1.81 bits per heavy atom. The number of hydrogen-bond donors (Lipinski definition) is 1. The summed E-state index contributed by atoms with van der Waals surface area (Å²) in [4.78, 5) is 27.1. The van der Waals surface area contributed by atoms with Crippen molar-refractivity contribution in [3.05, 3.63) is 63.2 Å². The second kappa shape index (κ2) is 8.37. The lowest BCUT2D eigenvalue weighted by atomic mass is 10.2. The fourth-order valence-electron chi connectivity index (χ4n) is 3.10. The number of rotatable bonds is 5. The van der Waals surface area contributed by atoms with Crippen molar-refractivity contribution in [1.29, 1.82) is 0 Å². The maximum Gasteiger partial charge on any atom is 0.294 e. The standard InChI is InChI=1S/C19H21ClN4O3/c1-14-2-5-16(6-3-14)21-19(25)13-22-8-10-23(11-9-22)17-7-4-15(20)12-18(17)24(26)27/h2-7,12H,8-11,13H2,1H3,(H,21,25). The third kappa shape index (κ3) is 4.96. The van der Waals surface area contributed by atoms with E-state index in [2.05, 4.69) is 5.32 Å². The molecule has 1 aliphatic heterocycles. The van der Waals surface area contributed by atoms with Gasteiger partial charge in [-0.3, -0.25) is 19.8 Å². The lowest BCUT2D eigenvalue weighted by Crippen LogP contribution is -2.48. The zero-order valence-electron chi connectivity index (χ0n) is 15.0. The van der Waals surface area contributed by atoms with E-state index in [0.29, 0.717) is 43.4 Å². The molecule has 1 heterocycles. The molecular formula is C19H21ClN4O3. The number of hydrogen-bond acceptors (Lipinski definition) is 5. The SMILES string of the molecule is Cc1ccc(NC(=O)CN2CCN(c3ccc(Cl)cc3[N+](=O)[O-])CC2)cc1. The number of piperazine rings is 1. The number of amides is 1. The van der Waals surface area contributed by atoms with Crippen molar-refractivity contribution in [2.24, 2.45) is 0 Å². The van der Waals surface area contributed by atoms with Gasteiger partial charge in [-0.05, 0) is 31.2 Å². The number of nitro benzene ring substituents is 1. The van der Waals surface area contributed by atoms with Gasteiger partial charge in [-0.15, -0.1) is 0 Å². The van der Waals surface area contributed by atoms with Gasteiger partial charge in [0.25, 0.3) is 5.69 Å². The molecule has 0 aromatic heterocycles. The molecule has 1 aliphatic rings. The minimum Gasteiger partial charge on any atom is -0.363 e. The van der Waals surface area contributed by atoms with Crippen LogP contribution in [-0.4, -0.2) is 48.5 Å². The molecule has 27 heavy (non-hydrogen) atoms. The molecule has 2 aromatic carbocycles. The van der Waals surface area contributed by atoms with Crippen LogP contribution >= 0.6 is 11.6 Å². The fraction of sp³-hybridized carbons (Fsp3) is 0.316.